The third-order valence-electron chi connectivity index (χ3n) is 4.54. The fourth-order valence-electron chi connectivity index (χ4n) is 3.02. The van der Waals surface area contributed by atoms with Crippen LogP contribution in [0.3, 0.4) is 0 Å². The summed E-state index contributed by atoms with van der Waals surface area (Å²) in [5.74, 6) is 0.789. The normalized spacial score (nSPS) is 11.2. The van der Waals surface area contributed by atoms with E-state index in [4.69, 9.17) is 14.2 Å². The van der Waals surface area contributed by atoms with Crippen molar-refractivity contribution < 1.29 is 24.1 Å². The number of benzene rings is 3. The van der Waals surface area contributed by atoms with Crippen LogP contribution in [-0.2, 0) is 0 Å². The van der Waals surface area contributed by atoms with Crippen molar-refractivity contribution in [1.82, 2.24) is 5.43 Å². The maximum atomic E-state index is 12.6. The Bertz CT molecular complexity index is 1070. The van der Waals surface area contributed by atoms with Crippen molar-refractivity contribution in [3.05, 3.63) is 59.7 Å². The maximum Gasteiger partial charge on any atom is 0.271 e. The molecule has 3 rings (SSSR count). The Morgan fingerprint density at radius 2 is 1.62 bits per heavy atom. The van der Waals surface area contributed by atoms with Crippen LogP contribution in [0.1, 0.15) is 22.8 Å². The maximum absolute atomic E-state index is 12.6. The number of rotatable bonds is 6. The van der Waals surface area contributed by atoms with Crippen molar-refractivity contribution in [3.63, 3.8) is 0 Å². The summed E-state index contributed by atoms with van der Waals surface area (Å²) in [6, 6.07) is 14.2. The Morgan fingerprint density at radius 1 is 0.966 bits per heavy atom. The number of carbonyl (C=O) groups excluding carboxylic acids is 1. The zero-order valence-corrected chi connectivity index (χ0v) is 16.6. The Labute approximate surface area is 168 Å². The average Bonchev–Trinajstić information content (AvgIpc) is 2.76. The van der Waals surface area contributed by atoms with E-state index in [1.807, 2.05) is 30.3 Å². The zero-order valence-electron chi connectivity index (χ0n) is 16.6. The van der Waals surface area contributed by atoms with Gasteiger partial charge in [0.1, 0.15) is 5.75 Å². The van der Waals surface area contributed by atoms with Gasteiger partial charge in [0.25, 0.3) is 5.91 Å². The molecule has 150 valence electrons. The minimum Gasteiger partial charge on any atom is -0.507 e. The monoisotopic (exact) mass is 394 g/mol. The van der Waals surface area contributed by atoms with Crippen LogP contribution >= 0.6 is 0 Å². The van der Waals surface area contributed by atoms with E-state index in [1.54, 1.807) is 13.0 Å². The van der Waals surface area contributed by atoms with Gasteiger partial charge in [-0.15, -0.1) is 0 Å². The van der Waals surface area contributed by atoms with Gasteiger partial charge in [0, 0.05) is 16.5 Å². The molecule has 3 aromatic rings. The highest BCUT2D eigenvalue weighted by Gasteiger charge is 2.17. The van der Waals surface area contributed by atoms with Crippen molar-refractivity contribution in [2.75, 3.05) is 21.3 Å². The number of methoxy groups -OCH3 is 3. The molecule has 0 unspecified atom stereocenters. The highest BCUT2D eigenvalue weighted by atomic mass is 16.5. The van der Waals surface area contributed by atoms with Crippen LogP contribution in [0, 0.1) is 0 Å². The van der Waals surface area contributed by atoms with Gasteiger partial charge in [-0.05, 0) is 30.5 Å². The van der Waals surface area contributed by atoms with E-state index in [-0.39, 0.29) is 5.75 Å². The standard InChI is InChI=1S/C22H22N2O5/c1-13(16-10-9-14-7-5-6-8-17(14)20(16)25)23-24-22(26)15-11-18(27-2)21(29-4)19(12-15)28-3/h5-12,25H,1-4H3,(H,24,26)/b23-13+. The van der Waals surface area contributed by atoms with Crippen LogP contribution in [0.2, 0.25) is 0 Å². The number of aromatic hydroxyl groups is 1. The molecule has 0 spiro atoms. The van der Waals surface area contributed by atoms with Crippen molar-refractivity contribution >= 4 is 22.4 Å². The number of hydrogen-bond donors (Lipinski definition) is 2. The minimum absolute atomic E-state index is 0.117. The topological polar surface area (TPSA) is 89.4 Å². The lowest BCUT2D eigenvalue weighted by Crippen LogP contribution is -2.19. The molecular weight excluding hydrogens is 372 g/mol. The Balaban J connectivity index is 1.88. The number of fused-ring (bicyclic) bond motifs is 1. The fraction of sp³-hybridized carbons (Fsp3) is 0.182. The average molecular weight is 394 g/mol. The first-order valence-electron chi connectivity index (χ1n) is 8.85. The number of phenolic OH excluding ortho intramolecular Hbond substituents is 1. The second kappa shape index (κ2) is 8.52. The van der Waals surface area contributed by atoms with E-state index in [9.17, 15) is 9.90 Å². The molecule has 0 aliphatic heterocycles. The van der Waals surface area contributed by atoms with Crippen LogP contribution < -0.4 is 19.6 Å². The van der Waals surface area contributed by atoms with E-state index in [1.165, 1.54) is 33.5 Å². The predicted molar refractivity (Wildman–Crippen MR) is 111 cm³/mol. The number of hydrogen-bond acceptors (Lipinski definition) is 6. The van der Waals surface area contributed by atoms with Crippen LogP contribution in [-0.4, -0.2) is 38.1 Å². The van der Waals surface area contributed by atoms with E-state index in [0.29, 0.717) is 34.1 Å². The van der Waals surface area contributed by atoms with Gasteiger partial charge in [-0.2, -0.15) is 5.10 Å². The first kappa shape index (κ1) is 20.0. The molecule has 0 radical (unpaired) electrons. The predicted octanol–water partition coefficient (Wildman–Crippen LogP) is 3.73. The second-order valence-electron chi connectivity index (χ2n) is 6.24. The van der Waals surface area contributed by atoms with Crippen LogP contribution in [0.25, 0.3) is 10.8 Å². The molecule has 0 fully saturated rings. The van der Waals surface area contributed by atoms with Crippen LogP contribution in [0.15, 0.2) is 53.6 Å². The summed E-state index contributed by atoms with van der Waals surface area (Å²) in [5.41, 5.74) is 3.79. The third kappa shape index (κ3) is 3.94. The van der Waals surface area contributed by atoms with Crippen molar-refractivity contribution in [1.29, 1.82) is 0 Å². The molecule has 0 aliphatic carbocycles. The van der Waals surface area contributed by atoms with E-state index in [2.05, 4.69) is 10.5 Å². The lowest BCUT2D eigenvalue weighted by molar-refractivity contribution is 0.0954. The molecular formula is C22H22N2O5. The number of nitrogens with one attached hydrogen (secondary N) is 1. The van der Waals surface area contributed by atoms with E-state index in [0.717, 1.165) is 10.8 Å². The third-order valence-corrected chi connectivity index (χ3v) is 4.54. The Morgan fingerprint density at radius 3 is 2.24 bits per heavy atom. The SMILES string of the molecule is COc1cc(C(=O)N/N=C(\C)c2ccc3ccccc3c2O)cc(OC)c1OC. The van der Waals surface area contributed by atoms with E-state index >= 15 is 0 Å². The number of hydrazone groups is 1. The molecule has 0 heterocycles. The smallest absolute Gasteiger partial charge is 0.271 e. The molecule has 29 heavy (non-hydrogen) atoms. The number of ether oxygens (including phenoxy) is 3. The molecule has 0 atom stereocenters. The molecule has 0 saturated carbocycles. The second-order valence-corrected chi connectivity index (χ2v) is 6.24. The van der Waals surface area contributed by atoms with Crippen molar-refractivity contribution in [3.8, 4) is 23.0 Å². The van der Waals surface area contributed by atoms with Gasteiger partial charge < -0.3 is 19.3 Å². The van der Waals surface area contributed by atoms with Gasteiger partial charge in [0.05, 0.1) is 27.0 Å². The molecule has 0 aromatic heterocycles. The zero-order chi connectivity index (χ0) is 21.0. The Kier molecular flexibility index (Phi) is 5.87. The lowest BCUT2D eigenvalue weighted by atomic mass is 10.0. The lowest BCUT2D eigenvalue weighted by Gasteiger charge is -2.13. The number of amides is 1. The Hall–Kier alpha value is -3.74. The summed E-state index contributed by atoms with van der Waals surface area (Å²) in [7, 11) is 4.44. The van der Waals surface area contributed by atoms with Gasteiger partial charge in [-0.3, -0.25) is 4.79 Å². The van der Waals surface area contributed by atoms with Crippen LogP contribution in [0.4, 0.5) is 0 Å². The molecule has 0 aliphatic rings. The molecule has 3 aromatic carbocycles. The fourth-order valence-corrected chi connectivity index (χ4v) is 3.02. The van der Waals surface area contributed by atoms with Gasteiger partial charge in [0.2, 0.25) is 5.75 Å². The molecule has 0 saturated heterocycles. The number of carbonyl (C=O) groups is 1. The first-order valence-corrected chi connectivity index (χ1v) is 8.85. The molecule has 2 N–H and O–H groups in total. The summed E-state index contributed by atoms with van der Waals surface area (Å²) in [4.78, 5) is 12.6. The summed E-state index contributed by atoms with van der Waals surface area (Å²) in [5, 5.41) is 16.3. The number of nitrogens with zero attached hydrogens (tertiary/aromatic N) is 1. The van der Waals surface area contributed by atoms with Gasteiger partial charge in [-0.1, -0.05) is 30.3 Å². The summed E-state index contributed by atoms with van der Waals surface area (Å²) in [6.45, 7) is 1.71. The van der Waals surface area contributed by atoms with Crippen LogP contribution in [0.5, 0.6) is 23.0 Å². The summed E-state index contributed by atoms with van der Waals surface area (Å²) in [6.07, 6.45) is 0. The van der Waals surface area contributed by atoms with E-state index < -0.39 is 5.91 Å². The van der Waals surface area contributed by atoms with Gasteiger partial charge in [-0.25, -0.2) is 5.43 Å². The highest BCUT2D eigenvalue weighted by molar-refractivity contribution is 6.07. The summed E-state index contributed by atoms with van der Waals surface area (Å²) >= 11 is 0. The molecule has 7 nitrogen and oxygen atoms in total. The quantitative estimate of drug-likeness (QED) is 0.491. The largest absolute Gasteiger partial charge is 0.507 e. The van der Waals surface area contributed by atoms with Crippen molar-refractivity contribution in [2.24, 2.45) is 5.10 Å². The molecule has 1 amide bonds. The molecule has 0 bridgehead atoms. The first-order chi connectivity index (χ1) is 14.0. The van der Waals surface area contributed by atoms with Crippen molar-refractivity contribution in [2.45, 2.75) is 6.92 Å². The minimum atomic E-state index is -0.455. The van der Waals surface area contributed by atoms with Gasteiger partial charge in [0.15, 0.2) is 11.5 Å². The number of phenols is 1. The molecule has 7 heteroatoms. The highest BCUT2D eigenvalue weighted by Crippen LogP contribution is 2.38. The summed E-state index contributed by atoms with van der Waals surface area (Å²) < 4.78 is 15.8. The van der Waals surface area contributed by atoms with Gasteiger partial charge >= 0.3 is 0 Å².